The number of aryl methyl sites for hydroxylation is 1. The Bertz CT molecular complexity index is 387. The molecule has 4 heteroatoms. The van der Waals surface area contributed by atoms with E-state index in [-0.39, 0.29) is 0 Å². The molecule has 1 saturated heterocycles. The smallest absolute Gasteiger partial charge is 0.140 e. The van der Waals surface area contributed by atoms with Crippen molar-refractivity contribution in [1.82, 2.24) is 9.88 Å². The van der Waals surface area contributed by atoms with E-state index in [0.29, 0.717) is 6.04 Å². The number of piperidine rings is 1. The van der Waals surface area contributed by atoms with Crippen LogP contribution in [-0.4, -0.2) is 35.6 Å². The van der Waals surface area contributed by atoms with Crippen molar-refractivity contribution in [3.63, 3.8) is 0 Å². The number of likely N-dealkylation sites (tertiary alicyclic amines) is 1. The van der Waals surface area contributed by atoms with Crippen LogP contribution in [0.5, 0.6) is 0 Å². The van der Waals surface area contributed by atoms with E-state index in [1.54, 1.807) is 0 Å². The van der Waals surface area contributed by atoms with Crippen LogP contribution in [0.25, 0.3) is 0 Å². The van der Waals surface area contributed by atoms with Gasteiger partial charge >= 0.3 is 0 Å². The highest BCUT2D eigenvalue weighted by Gasteiger charge is 2.19. The van der Waals surface area contributed by atoms with Gasteiger partial charge in [0.2, 0.25) is 0 Å². The lowest BCUT2D eigenvalue weighted by atomic mass is 10.0. The van der Waals surface area contributed by atoms with Gasteiger partial charge in [0.25, 0.3) is 0 Å². The minimum Gasteiger partial charge on any atom is -0.366 e. The molecule has 1 aromatic rings. The summed E-state index contributed by atoms with van der Waals surface area (Å²) in [5, 5.41) is 3.55. The van der Waals surface area contributed by atoms with Crippen LogP contribution in [0.4, 0.5) is 5.82 Å². The molecule has 18 heavy (non-hydrogen) atoms. The van der Waals surface area contributed by atoms with Crippen molar-refractivity contribution in [3.05, 3.63) is 22.3 Å². The second-order valence-corrected chi connectivity index (χ2v) is 5.96. The summed E-state index contributed by atoms with van der Waals surface area (Å²) in [6.45, 7) is 7.95. The van der Waals surface area contributed by atoms with Crippen LogP contribution in [0, 0.1) is 6.92 Å². The first-order valence-electron chi connectivity index (χ1n) is 6.80. The highest BCUT2D eigenvalue weighted by molar-refractivity contribution is 9.10. The summed E-state index contributed by atoms with van der Waals surface area (Å²) in [7, 11) is 0. The molecule has 0 radical (unpaired) electrons. The zero-order chi connectivity index (χ0) is 13.0. The fourth-order valence-corrected chi connectivity index (χ4v) is 3.03. The third-order valence-electron chi connectivity index (χ3n) is 3.45. The number of aromatic nitrogens is 1. The summed E-state index contributed by atoms with van der Waals surface area (Å²) in [6, 6.07) is 2.67. The number of nitrogens with zero attached hydrogens (tertiary/aromatic N) is 2. The van der Waals surface area contributed by atoms with Gasteiger partial charge < -0.3 is 10.2 Å². The van der Waals surface area contributed by atoms with E-state index < -0.39 is 0 Å². The minimum atomic E-state index is 0.560. The third kappa shape index (κ3) is 3.69. The Balaban J connectivity index is 1.87. The van der Waals surface area contributed by atoms with E-state index in [0.717, 1.165) is 10.3 Å². The molecule has 100 valence electrons. The molecule has 1 aliphatic rings. The number of pyridine rings is 1. The van der Waals surface area contributed by atoms with Gasteiger partial charge in [0.1, 0.15) is 5.82 Å². The maximum Gasteiger partial charge on any atom is 0.140 e. The lowest BCUT2D eigenvalue weighted by molar-refractivity contribution is 0.219. The van der Waals surface area contributed by atoms with Gasteiger partial charge in [-0.05, 0) is 60.3 Å². The average molecular weight is 312 g/mol. The number of anilines is 1. The van der Waals surface area contributed by atoms with Crippen LogP contribution in [0.3, 0.4) is 0 Å². The Morgan fingerprint density at radius 1 is 1.44 bits per heavy atom. The van der Waals surface area contributed by atoms with Crippen molar-refractivity contribution in [2.75, 3.05) is 25.0 Å². The predicted octanol–water partition coefficient (Wildman–Crippen LogP) is 3.44. The molecule has 2 heterocycles. The zero-order valence-electron chi connectivity index (χ0n) is 11.2. The van der Waals surface area contributed by atoms with E-state index in [4.69, 9.17) is 0 Å². The lowest BCUT2D eigenvalue weighted by Gasteiger charge is -2.32. The van der Waals surface area contributed by atoms with Gasteiger partial charge in [0, 0.05) is 25.3 Å². The van der Waals surface area contributed by atoms with Gasteiger partial charge in [-0.2, -0.15) is 0 Å². The molecule has 0 unspecified atom stereocenters. The van der Waals surface area contributed by atoms with E-state index in [9.17, 15) is 0 Å². The Morgan fingerprint density at radius 2 is 2.17 bits per heavy atom. The predicted molar refractivity (Wildman–Crippen MR) is 80.0 cm³/mol. The molecule has 1 N–H and O–H groups in total. The van der Waals surface area contributed by atoms with Crippen molar-refractivity contribution in [2.24, 2.45) is 0 Å². The molecule has 0 atom stereocenters. The van der Waals surface area contributed by atoms with Gasteiger partial charge in [-0.25, -0.2) is 4.98 Å². The molecule has 0 aromatic carbocycles. The number of rotatable bonds is 4. The maximum atomic E-state index is 4.46. The van der Waals surface area contributed by atoms with Crippen molar-refractivity contribution < 1.29 is 0 Å². The Hall–Kier alpha value is -0.610. The standard InChI is InChI=1S/C14H22BrN3/c1-3-6-18-7-4-12(5-8-18)17-14-13(15)9-11(2)10-16-14/h9-10,12H,3-8H2,1-2H3,(H,16,17). The first-order valence-corrected chi connectivity index (χ1v) is 7.59. The van der Waals surface area contributed by atoms with E-state index >= 15 is 0 Å². The summed E-state index contributed by atoms with van der Waals surface area (Å²) < 4.78 is 1.07. The fourth-order valence-electron chi connectivity index (χ4n) is 2.45. The molecular weight excluding hydrogens is 290 g/mol. The van der Waals surface area contributed by atoms with Gasteiger partial charge in [0.15, 0.2) is 0 Å². The van der Waals surface area contributed by atoms with Crippen LogP contribution >= 0.6 is 15.9 Å². The minimum absolute atomic E-state index is 0.560. The normalized spacial score (nSPS) is 17.9. The Kier molecular flexibility index (Phi) is 5.01. The number of halogens is 1. The molecule has 0 spiro atoms. The largest absolute Gasteiger partial charge is 0.366 e. The monoisotopic (exact) mass is 311 g/mol. The van der Waals surface area contributed by atoms with E-state index in [2.05, 4.69) is 51.0 Å². The lowest BCUT2D eigenvalue weighted by Crippen LogP contribution is -2.39. The van der Waals surface area contributed by atoms with Crippen molar-refractivity contribution >= 4 is 21.7 Å². The van der Waals surface area contributed by atoms with E-state index in [1.165, 1.54) is 44.5 Å². The highest BCUT2D eigenvalue weighted by Crippen LogP contribution is 2.23. The molecule has 3 nitrogen and oxygen atoms in total. The van der Waals surface area contributed by atoms with Crippen LogP contribution in [-0.2, 0) is 0 Å². The zero-order valence-corrected chi connectivity index (χ0v) is 12.8. The third-order valence-corrected chi connectivity index (χ3v) is 4.05. The number of hydrogen-bond acceptors (Lipinski definition) is 3. The highest BCUT2D eigenvalue weighted by atomic mass is 79.9. The fraction of sp³-hybridized carbons (Fsp3) is 0.643. The molecular formula is C14H22BrN3. The van der Waals surface area contributed by atoms with Gasteiger partial charge in [-0.15, -0.1) is 0 Å². The Labute approximate surface area is 118 Å². The quantitative estimate of drug-likeness (QED) is 0.923. The van der Waals surface area contributed by atoms with Gasteiger partial charge in [0.05, 0.1) is 4.47 Å². The van der Waals surface area contributed by atoms with Crippen molar-refractivity contribution in [2.45, 2.75) is 39.2 Å². The molecule has 1 aromatic heterocycles. The van der Waals surface area contributed by atoms with Gasteiger partial charge in [-0.1, -0.05) is 6.92 Å². The second kappa shape index (κ2) is 6.53. The molecule has 0 bridgehead atoms. The topological polar surface area (TPSA) is 28.2 Å². The first kappa shape index (κ1) is 13.8. The summed E-state index contributed by atoms with van der Waals surface area (Å²) >= 11 is 3.58. The van der Waals surface area contributed by atoms with E-state index in [1.807, 2.05) is 6.20 Å². The molecule has 1 fully saturated rings. The van der Waals surface area contributed by atoms with Crippen LogP contribution < -0.4 is 5.32 Å². The van der Waals surface area contributed by atoms with Crippen LogP contribution in [0.1, 0.15) is 31.7 Å². The Morgan fingerprint density at radius 3 is 2.78 bits per heavy atom. The van der Waals surface area contributed by atoms with Crippen molar-refractivity contribution in [1.29, 1.82) is 0 Å². The molecule has 0 saturated carbocycles. The number of hydrogen-bond donors (Lipinski definition) is 1. The van der Waals surface area contributed by atoms with Crippen LogP contribution in [0.2, 0.25) is 0 Å². The summed E-state index contributed by atoms with van der Waals surface area (Å²) in [5.41, 5.74) is 1.19. The molecule has 0 aliphatic carbocycles. The second-order valence-electron chi connectivity index (χ2n) is 5.10. The number of nitrogens with one attached hydrogen (secondary N) is 1. The molecule has 1 aliphatic heterocycles. The average Bonchev–Trinajstić information content (AvgIpc) is 2.35. The molecule has 2 rings (SSSR count). The molecule has 0 amide bonds. The van der Waals surface area contributed by atoms with Crippen LogP contribution in [0.15, 0.2) is 16.7 Å². The summed E-state index contributed by atoms with van der Waals surface area (Å²) in [4.78, 5) is 7.01. The van der Waals surface area contributed by atoms with Gasteiger partial charge in [-0.3, -0.25) is 0 Å². The first-order chi connectivity index (χ1) is 8.69. The summed E-state index contributed by atoms with van der Waals surface area (Å²) in [5.74, 6) is 0.981. The van der Waals surface area contributed by atoms with Crippen molar-refractivity contribution in [3.8, 4) is 0 Å². The summed E-state index contributed by atoms with van der Waals surface area (Å²) in [6.07, 6.45) is 5.59. The SMILES string of the molecule is CCCN1CCC(Nc2ncc(C)cc2Br)CC1. The maximum absolute atomic E-state index is 4.46.